The molecule has 45 heavy (non-hydrogen) atoms. The van der Waals surface area contributed by atoms with E-state index in [1.165, 1.54) is 18.3 Å². The molecule has 9 heteroatoms. The highest BCUT2D eigenvalue weighted by molar-refractivity contribution is 7.92. The third kappa shape index (κ3) is 7.59. The average Bonchev–Trinajstić information content (AvgIpc) is 3.05. The molecular formula is C36H35N3O5S. The number of hydrogen-bond donors (Lipinski definition) is 2. The van der Waals surface area contributed by atoms with Gasteiger partial charge in [-0.1, -0.05) is 79.7 Å². The molecule has 4 aromatic rings. The summed E-state index contributed by atoms with van der Waals surface area (Å²) < 4.78 is 34.8. The molecular weight excluding hydrogens is 586 g/mol. The second-order valence-electron chi connectivity index (χ2n) is 11.3. The van der Waals surface area contributed by atoms with Gasteiger partial charge in [0.25, 0.3) is 10.0 Å². The summed E-state index contributed by atoms with van der Waals surface area (Å²) in [6.45, 7) is 1.91. The Kier molecular flexibility index (Phi) is 9.65. The van der Waals surface area contributed by atoms with Crippen LogP contribution in [-0.2, 0) is 32.4 Å². The van der Waals surface area contributed by atoms with Gasteiger partial charge in [0, 0.05) is 24.2 Å². The fourth-order valence-corrected chi connectivity index (χ4v) is 6.81. The van der Waals surface area contributed by atoms with Gasteiger partial charge in [0.05, 0.1) is 11.1 Å². The van der Waals surface area contributed by atoms with Crippen LogP contribution in [0.25, 0.3) is 0 Å². The van der Waals surface area contributed by atoms with Crippen LogP contribution in [0.1, 0.15) is 60.8 Å². The monoisotopic (exact) mass is 621 g/mol. The predicted octanol–water partition coefficient (Wildman–Crippen LogP) is 7.01. The molecule has 0 bridgehead atoms. The van der Waals surface area contributed by atoms with Gasteiger partial charge in [0.1, 0.15) is 17.4 Å². The molecule has 0 aliphatic carbocycles. The molecule has 1 aliphatic rings. The second-order valence-corrected chi connectivity index (χ2v) is 12.9. The van der Waals surface area contributed by atoms with Crippen LogP contribution < -0.4 is 4.72 Å². The van der Waals surface area contributed by atoms with Gasteiger partial charge in [-0.2, -0.15) is 13.7 Å². The van der Waals surface area contributed by atoms with E-state index in [1.54, 1.807) is 24.3 Å². The van der Waals surface area contributed by atoms with Crippen molar-refractivity contribution in [3.05, 3.63) is 137 Å². The van der Waals surface area contributed by atoms with Gasteiger partial charge in [-0.05, 0) is 73.1 Å². The Labute approximate surface area is 264 Å². The van der Waals surface area contributed by atoms with Crippen LogP contribution in [0, 0.1) is 11.3 Å². The van der Waals surface area contributed by atoms with E-state index in [0.717, 1.165) is 11.1 Å². The van der Waals surface area contributed by atoms with Crippen molar-refractivity contribution in [3.63, 3.8) is 0 Å². The molecule has 230 valence electrons. The van der Waals surface area contributed by atoms with Crippen molar-refractivity contribution in [2.75, 3.05) is 4.72 Å². The smallest absolute Gasteiger partial charge is 0.338 e. The molecule has 5 rings (SSSR count). The number of aliphatic hydroxyl groups is 1. The summed E-state index contributed by atoms with van der Waals surface area (Å²) in [5.74, 6) is -1.07. The lowest BCUT2D eigenvalue weighted by Gasteiger charge is -2.39. The van der Waals surface area contributed by atoms with Gasteiger partial charge in [-0.15, -0.1) is 0 Å². The fraction of sp³-hybridized carbons (Fsp3) is 0.250. The van der Waals surface area contributed by atoms with E-state index in [1.807, 2.05) is 73.7 Å². The Morgan fingerprint density at radius 1 is 0.956 bits per heavy atom. The summed E-state index contributed by atoms with van der Waals surface area (Å²) in [4.78, 5) is 17.7. The largest absolute Gasteiger partial charge is 0.512 e. The number of carbonyl (C=O) groups excluding carboxylic acids is 1. The first kappa shape index (κ1) is 31.5. The number of anilines is 1. The highest BCUT2D eigenvalue weighted by atomic mass is 32.2. The maximum absolute atomic E-state index is 13.8. The highest BCUT2D eigenvalue weighted by Crippen LogP contribution is 2.42. The number of sulfonamides is 1. The molecule has 0 radical (unpaired) electrons. The SMILES string of the molecule is CC[C@@H](C1=C(O)CC(CCc2ccccc2)(CCc2ccccc2)OC1=O)c1cccc(NS(=O)(=O)c2ccc(C#N)cn2)c1. The van der Waals surface area contributed by atoms with Gasteiger partial charge in [0.2, 0.25) is 0 Å². The van der Waals surface area contributed by atoms with Crippen LogP contribution in [-0.4, -0.2) is 30.1 Å². The average molecular weight is 622 g/mol. The Balaban J connectivity index is 1.40. The third-order valence-corrected chi connectivity index (χ3v) is 9.49. The first-order chi connectivity index (χ1) is 21.7. The maximum atomic E-state index is 13.8. The molecule has 1 atom stereocenters. The molecule has 0 saturated heterocycles. The Morgan fingerprint density at radius 2 is 1.60 bits per heavy atom. The number of benzene rings is 3. The minimum atomic E-state index is -4.03. The van der Waals surface area contributed by atoms with Crippen molar-refractivity contribution in [1.82, 2.24) is 4.98 Å². The summed E-state index contributed by atoms with van der Waals surface area (Å²) >= 11 is 0. The van der Waals surface area contributed by atoms with Crippen LogP contribution in [0.5, 0.6) is 0 Å². The van der Waals surface area contributed by atoms with Crippen molar-refractivity contribution < 1.29 is 23.1 Å². The number of cyclic esters (lactones) is 1. The van der Waals surface area contributed by atoms with E-state index in [-0.39, 0.29) is 34.0 Å². The molecule has 0 unspecified atom stereocenters. The number of pyridine rings is 1. The molecule has 1 aromatic heterocycles. The van der Waals surface area contributed by atoms with Gasteiger partial charge in [-0.25, -0.2) is 9.78 Å². The van der Waals surface area contributed by atoms with E-state index in [9.17, 15) is 18.3 Å². The van der Waals surface area contributed by atoms with E-state index in [0.29, 0.717) is 37.7 Å². The second kappa shape index (κ2) is 13.8. The molecule has 2 heterocycles. The summed E-state index contributed by atoms with van der Waals surface area (Å²) in [5, 5.41) is 20.3. The normalized spacial score (nSPS) is 15.2. The molecule has 1 aliphatic heterocycles. The number of aliphatic hydroxyl groups excluding tert-OH is 1. The molecule has 8 nitrogen and oxygen atoms in total. The molecule has 2 N–H and O–H groups in total. The number of esters is 1. The lowest BCUT2D eigenvalue weighted by molar-refractivity contribution is -0.161. The predicted molar refractivity (Wildman–Crippen MR) is 172 cm³/mol. The van der Waals surface area contributed by atoms with E-state index in [2.05, 4.69) is 9.71 Å². The number of rotatable bonds is 12. The number of carbonyl (C=O) groups is 1. The first-order valence-electron chi connectivity index (χ1n) is 14.9. The van der Waals surface area contributed by atoms with Crippen molar-refractivity contribution in [3.8, 4) is 6.07 Å². The maximum Gasteiger partial charge on any atom is 0.338 e. The zero-order valence-electron chi connectivity index (χ0n) is 25.0. The molecule has 3 aromatic carbocycles. The summed E-state index contributed by atoms with van der Waals surface area (Å²) in [6, 6.07) is 31.3. The van der Waals surface area contributed by atoms with Crippen LogP contribution in [0.3, 0.4) is 0 Å². The van der Waals surface area contributed by atoms with Crippen LogP contribution in [0.15, 0.2) is 120 Å². The Morgan fingerprint density at radius 3 is 2.13 bits per heavy atom. The van der Waals surface area contributed by atoms with Crippen LogP contribution >= 0.6 is 0 Å². The zero-order valence-corrected chi connectivity index (χ0v) is 25.8. The Hall–Kier alpha value is -4.94. The molecule has 0 spiro atoms. The lowest BCUT2D eigenvalue weighted by atomic mass is 9.79. The van der Waals surface area contributed by atoms with Crippen LogP contribution in [0.2, 0.25) is 0 Å². The molecule has 0 amide bonds. The first-order valence-corrected chi connectivity index (χ1v) is 16.4. The van der Waals surface area contributed by atoms with Crippen molar-refractivity contribution in [1.29, 1.82) is 5.26 Å². The molecule has 0 fully saturated rings. The number of nitrogens with zero attached hydrogens (tertiary/aromatic N) is 2. The lowest BCUT2D eigenvalue weighted by Crippen LogP contribution is -2.42. The number of aryl methyl sites for hydroxylation is 2. The summed E-state index contributed by atoms with van der Waals surface area (Å²) in [5.41, 5.74) is 2.76. The van der Waals surface area contributed by atoms with E-state index in [4.69, 9.17) is 10.00 Å². The highest BCUT2D eigenvalue weighted by Gasteiger charge is 2.43. The number of nitriles is 1. The standard InChI is InChI=1S/C36H35N3O5S/c1-2-31(29-14-9-15-30(22-29)39-45(42,43)33-17-16-28(24-37)25-38-33)34-32(40)23-36(44-35(34)41,20-18-26-10-5-3-6-11-26)21-19-27-12-7-4-8-13-27/h3-17,22,25,31,39-40H,2,18-21,23H2,1H3/t31-/m1/s1. The minimum Gasteiger partial charge on any atom is -0.512 e. The van der Waals surface area contributed by atoms with Gasteiger partial charge < -0.3 is 9.84 Å². The van der Waals surface area contributed by atoms with Gasteiger partial charge in [-0.3, -0.25) is 4.72 Å². The summed E-state index contributed by atoms with van der Waals surface area (Å²) in [7, 11) is -4.03. The van der Waals surface area contributed by atoms with E-state index < -0.39 is 27.5 Å². The Bertz CT molecular complexity index is 1770. The molecule has 0 saturated carbocycles. The van der Waals surface area contributed by atoms with Crippen LogP contribution in [0.4, 0.5) is 5.69 Å². The van der Waals surface area contributed by atoms with Crippen molar-refractivity contribution in [2.45, 2.75) is 62.0 Å². The number of aromatic nitrogens is 1. The number of hydrogen-bond acceptors (Lipinski definition) is 7. The zero-order chi connectivity index (χ0) is 31.9. The van der Waals surface area contributed by atoms with Crippen molar-refractivity contribution in [2.24, 2.45) is 0 Å². The van der Waals surface area contributed by atoms with Gasteiger partial charge in [0.15, 0.2) is 5.03 Å². The number of ether oxygens (including phenoxy) is 1. The van der Waals surface area contributed by atoms with Crippen molar-refractivity contribution >= 4 is 21.7 Å². The third-order valence-electron chi connectivity index (χ3n) is 8.19. The quantitative estimate of drug-likeness (QED) is 0.163. The minimum absolute atomic E-state index is 0.00647. The van der Waals surface area contributed by atoms with E-state index >= 15 is 0 Å². The summed E-state index contributed by atoms with van der Waals surface area (Å²) in [6.07, 6.45) is 4.37. The topological polar surface area (TPSA) is 129 Å². The number of nitrogens with one attached hydrogen (secondary N) is 1. The van der Waals surface area contributed by atoms with Gasteiger partial charge >= 0.3 is 5.97 Å². The fourth-order valence-electron chi connectivity index (χ4n) is 5.82.